The number of alkyl halides is 2. The van der Waals surface area contributed by atoms with E-state index in [9.17, 15) is 8.78 Å². The number of rotatable bonds is 7. The maximum atomic E-state index is 14.1. The molecule has 1 fully saturated rings. The molecule has 0 aromatic heterocycles. The van der Waals surface area contributed by atoms with E-state index in [1.165, 1.54) is 19.3 Å². The van der Waals surface area contributed by atoms with Crippen LogP contribution in [0.4, 0.5) is 14.5 Å². The van der Waals surface area contributed by atoms with Crippen molar-refractivity contribution in [3.8, 4) is 5.75 Å². The minimum Gasteiger partial charge on any atom is -0.487 e. The Morgan fingerprint density at radius 1 is 1.19 bits per heavy atom. The highest BCUT2D eigenvalue weighted by atomic mass is 19.3. The summed E-state index contributed by atoms with van der Waals surface area (Å²) >= 11 is 0. The van der Waals surface area contributed by atoms with Crippen molar-refractivity contribution >= 4 is 12.0 Å². The molecule has 0 heterocycles. The van der Waals surface area contributed by atoms with Crippen LogP contribution in [0.15, 0.2) is 17.1 Å². The highest BCUT2D eigenvalue weighted by Crippen LogP contribution is 2.34. The second-order valence-electron chi connectivity index (χ2n) is 8.78. The van der Waals surface area contributed by atoms with Gasteiger partial charge in [0.1, 0.15) is 5.75 Å². The Morgan fingerprint density at radius 3 is 2.38 bits per heavy atom. The minimum atomic E-state index is -2.85. The molecule has 0 radical (unpaired) electrons. The number of aryl methyl sites for hydroxylation is 2. The molecule has 0 atom stereocenters. The first-order chi connectivity index (χ1) is 12.0. The summed E-state index contributed by atoms with van der Waals surface area (Å²) in [5, 5.41) is 0. The zero-order chi connectivity index (χ0) is 19.5. The molecule has 0 N–H and O–H groups in total. The number of hydrogen-bond donors (Lipinski definition) is 0. The Bertz CT molecular complexity index is 646. The fourth-order valence-electron chi connectivity index (χ4n) is 3.12. The number of ether oxygens (including phenoxy) is 1. The lowest BCUT2D eigenvalue weighted by Gasteiger charge is -2.33. The van der Waals surface area contributed by atoms with Crippen LogP contribution in [0.1, 0.15) is 57.6 Å². The van der Waals surface area contributed by atoms with Gasteiger partial charge >= 0.3 is 0 Å². The lowest BCUT2D eigenvalue weighted by atomic mass is 9.89. The number of benzene rings is 1. The van der Waals surface area contributed by atoms with Crippen LogP contribution >= 0.6 is 0 Å². The Labute approximate surface area is 156 Å². The van der Waals surface area contributed by atoms with Crippen LogP contribution in [0.2, 0.25) is 0 Å². The van der Waals surface area contributed by atoms with Crippen molar-refractivity contribution < 1.29 is 13.5 Å². The van der Waals surface area contributed by atoms with E-state index in [1.54, 1.807) is 6.07 Å². The maximum Gasteiger partial charge on any atom is 0.281 e. The van der Waals surface area contributed by atoms with E-state index in [0.717, 1.165) is 16.8 Å². The second kappa shape index (κ2) is 7.93. The van der Waals surface area contributed by atoms with Crippen LogP contribution < -0.4 is 4.74 Å². The smallest absolute Gasteiger partial charge is 0.281 e. The Morgan fingerprint density at radius 2 is 1.85 bits per heavy atom. The summed E-state index contributed by atoms with van der Waals surface area (Å²) in [7, 11) is 2.05. The van der Waals surface area contributed by atoms with E-state index in [2.05, 4.69) is 9.89 Å². The van der Waals surface area contributed by atoms with Crippen molar-refractivity contribution in [2.75, 3.05) is 13.7 Å². The first-order valence-electron chi connectivity index (χ1n) is 9.35. The van der Waals surface area contributed by atoms with E-state index in [4.69, 9.17) is 4.74 Å². The van der Waals surface area contributed by atoms with Gasteiger partial charge in [-0.2, -0.15) is 0 Å². The zero-order valence-corrected chi connectivity index (χ0v) is 16.9. The first-order valence-corrected chi connectivity index (χ1v) is 9.35. The molecule has 146 valence electrons. The number of hydrogen-bond acceptors (Lipinski definition) is 2. The summed E-state index contributed by atoms with van der Waals surface area (Å²) in [6.45, 7) is 8.62. The third-order valence-corrected chi connectivity index (χ3v) is 4.75. The van der Waals surface area contributed by atoms with Gasteiger partial charge in [-0.3, -0.25) is 0 Å². The van der Waals surface area contributed by atoms with Crippen LogP contribution in [0, 0.1) is 19.3 Å². The van der Waals surface area contributed by atoms with Crippen LogP contribution in [-0.4, -0.2) is 36.9 Å². The van der Waals surface area contributed by atoms with Gasteiger partial charge in [-0.25, -0.2) is 13.8 Å². The predicted molar refractivity (Wildman–Crippen MR) is 104 cm³/mol. The number of nitrogens with zero attached hydrogens (tertiary/aromatic N) is 2. The van der Waals surface area contributed by atoms with Gasteiger partial charge in [0.25, 0.3) is 5.92 Å². The first kappa shape index (κ1) is 20.7. The van der Waals surface area contributed by atoms with Gasteiger partial charge in [0, 0.05) is 19.5 Å². The van der Waals surface area contributed by atoms with Crippen molar-refractivity contribution in [2.24, 2.45) is 10.4 Å². The fraction of sp³-hybridized carbons (Fsp3) is 0.667. The van der Waals surface area contributed by atoms with E-state index >= 15 is 0 Å². The molecule has 2 rings (SSSR count). The van der Waals surface area contributed by atoms with Gasteiger partial charge in [-0.15, -0.1) is 0 Å². The molecule has 0 unspecified atom stereocenters. The van der Waals surface area contributed by atoms with Crippen molar-refractivity contribution in [2.45, 2.75) is 72.3 Å². The van der Waals surface area contributed by atoms with Crippen LogP contribution in [-0.2, 0) is 0 Å². The highest BCUT2D eigenvalue weighted by molar-refractivity contribution is 5.65. The number of aliphatic imine (C=N–C) groups is 1. The summed E-state index contributed by atoms with van der Waals surface area (Å²) in [6, 6.07) is 4.30. The summed E-state index contributed by atoms with van der Waals surface area (Å²) in [5.41, 5.74) is 2.15. The standard InChI is InChI=1S/C21H32F2N2O/c1-15-11-19(26-13-21(22,23)12-20(3,4)5)16(2)10-18(15)24-14-25(6)17-8-7-9-17/h10-11,14,17H,7-9,12-13H2,1-6H3. The van der Waals surface area contributed by atoms with Crippen molar-refractivity contribution in [3.05, 3.63) is 23.3 Å². The molecule has 5 heteroatoms. The quantitative estimate of drug-likeness (QED) is 0.443. The van der Waals surface area contributed by atoms with Crippen LogP contribution in [0.25, 0.3) is 0 Å². The normalized spacial score (nSPS) is 16.0. The van der Waals surface area contributed by atoms with E-state index < -0.39 is 17.9 Å². The van der Waals surface area contributed by atoms with Gasteiger partial charge in [-0.05, 0) is 61.8 Å². The highest BCUT2D eigenvalue weighted by Gasteiger charge is 2.35. The molecule has 1 aromatic rings. The molecule has 0 saturated heterocycles. The SMILES string of the molecule is Cc1cc(OCC(F)(F)CC(C)(C)C)c(C)cc1N=CN(C)C1CCC1. The molecule has 1 aliphatic carbocycles. The van der Waals surface area contributed by atoms with E-state index in [0.29, 0.717) is 11.8 Å². The van der Waals surface area contributed by atoms with Crippen molar-refractivity contribution in [3.63, 3.8) is 0 Å². The largest absolute Gasteiger partial charge is 0.487 e. The van der Waals surface area contributed by atoms with Crippen LogP contribution in [0.3, 0.4) is 0 Å². The predicted octanol–water partition coefficient (Wildman–Crippen LogP) is 5.90. The molecule has 0 spiro atoms. The molecule has 1 saturated carbocycles. The average Bonchev–Trinajstić information content (AvgIpc) is 2.42. The van der Waals surface area contributed by atoms with Crippen LogP contribution in [0.5, 0.6) is 5.75 Å². The van der Waals surface area contributed by atoms with Crippen molar-refractivity contribution in [1.82, 2.24) is 4.90 Å². The Balaban J connectivity index is 2.03. The number of halogens is 2. The van der Waals surface area contributed by atoms with Gasteiger partial charge < -0.3 is 9.64 Å². The van der Waals surface area contributed by atoms with Gasteiger partial charge in [-0.1, -0.05) is 20.8 Å². The van der Waals surface area contributed by atoms with Gasteiger partial charge in [0.05, 0.1) is 12.0 Å². The average molecular weight is 366 g/mol. The molecular formula is C21H32F2N2O. The lowest BCUT2D eigenvalue weighted by Crippen LogP contribution is -2.35. The molecule has 0 aliphatic heterocycles. The summed E-state index contributed by atoms with van der Waals surface area (Å²) in [5.74, 6) is -2.34. The topological polar surface area (TPSA) is 24.8 Å². The molecule has 3 nitrogen and oxygen atoms in total. The second-order valence-corrected chi connectivity index (χ2v) is 8.78. The van der Waals surface area contributed by atoms with Gasteiger partial charge in [0.15, 0.2) is 6.61 Å². The third kappa shape index (κ3) is 5.96. The molecule has 1 aliphatic rings. The lowest BCUT2D eigenvalue weighted by molar-refractivity contribution is -0.0696. The fourth-order valence-corrected chi connectivity index (χ4v) is 3.12. The minimum absolute atomic E-state index is 0.200. The van der Waals surface area contributed by atoms with E-state index in [-0.39, 0.29) is 6.42 Å². The molecular weight excluding hydrogens is 334 g/mol. The molecule has 0 amide bonds. The van der Waals surface area contributed by atoms with E-state index in [1.807, 2.05) is 54.1 Å². The monoisotopic (exact) mass is 366 g/mol. The summed E-state index contributed by atoms with van der Waals surface area (Å²) in [4.78, 5) is 6.71. The zero-order valence-electron chi connectivity index (χ0n) is 16.9. The van der Waals surface area contributed by atoms with Gasteiger partial charge in [0.2, 0.25) is 0 Å². The summed E-state index contributed by atoms with van der Waals surface area (Å²) in [6.07, 6.45) is 5.39. The van der Waals surface area contributed by atoms with Crippen molar-refractivity contribution in [1.29, 1.82) is 0 Å². The molecule has 1 aromatic carbocycles. The molecule has 26 heavy (non-hydrogen) atoms. The maximum absolute atomic E-state index is 14.1. The Hall–Kier alpha value is -1.65. The summed E-state index contributed by atoms with van der Waals surface area (Å²) < 4.78 is 33.6. The third-order valence-electron chi connectivity index (χ3n) is 4.75. The molecule has 0 bridgehead atoms. The Kier molecular flexibility index (Phi) is 6.30.